The number of carbonyl (C=O) groups excluding carboxylic acids is 1. The third-order valence-electron chi connectivity index (χ3n) is 4.21. The molecule has 0 aliphatic rings. The Morgan fingerprint density at radius 3 is 2.45 bits per heavy atom. The van der Waals surface area contributed by atoms with Crippen LogP contribution in [0.25, 0.3) is 10.9 Å². The lowest BCUT2D eigenvalue weighted by Gasteiger charge is -2.09. The van der Waals surface area contributed by atoms with Gasteiger partial charge in [0.05, 0.1) is 5.75 Å². The van der Waals surface area contributed by atoms with Gasteiger partial charge in [0.15, 0.2) is 0 Å². The molecule has 166 valence electrons. The van der Waals surface area contributed by atoms with Crippen molar-refractivity contribution in [3.8, 4) is 0 Å². The lowest BCUT2D eigenvalue weighted by atomic mass is 10.2. The monoisotopic (exact) mass is 548 g/mol. The number of primary amides is 1. The van der Waals surface area contributed by atoms with Gasteiger partial charge in [0.1, 0.15) is 10.6 Å². The zero-order chi connectivity index (χ0) is 22.8. The third kappa shape index (κ3) is 5.84. The summed E-state index contributed by atoms with van der Waals surface area (Å²) in [6.45, 7) is -0.434. The van der Waals surface area contributed by atoms with E-state index in [2.05, 4.69) is 30.4 Å². The van der Waals surface area contributed by atoms with Crippen LogP contribution >= 0.6 is 27.5 Å². The molecule has 31 heavy (non-hydrogen) atoms. The fraction of sp³-hybridized carbons (Fsp3) is 0.167. The molecule has 0 bridgehead atoms. The van der Waals surface area contributed by atoms with Crippen LogP contribution in [-0.4, -0.2) is 40.8 Å². The first kappa shape index (κ1) is 23.7. The molecular weight excluding hydrogens is 532 g/mol. The molecule has 0 unspecified atom stereocenters. The standard InChI is InChI=1S/C18H18BrClN4O5S2/c19-12-4-5-15-14(9-12)17(16(24-15)18(21)25)31(28,29)23-7-6-22-30(26,27)10-11-2-1-3-13(20)8-11/h1-5,8-9,22-24H,6-7,10H2,(H2,21,25). The number of rotatable bonds is 9. The molecule has 3 rings (SSSR count). The molecule has 0 spiro atoms. The first-order valence-electron chi connectivity index (χ1n) is 8.81. The fourth-order valence-corrected chi connectivity index (χ4v) is 6.05. The van der Waals surface area contributed by atoms with E-state index in [1.807, 2.05) is 0 Å². The molecule has 13 heteroatoms. The van der Waals surface area contributed by atoms with E-state index in [4.69, 9.17) is 17.3 Å². The maximum absolute atomic E-state index is 12.9. The van der Waals surface area contributed by atoms with Crippen molar-refractivity contribution in [3.05, 3.63) is 63.2 Å². The molecular formula is C18H18BrClN4O5S2. The highest BCUT2D eigenvalue weighted by molar-refractivity contribution is 9.10. The summed E-state index contributed by atoms with van der Waals surface area (Å²) < 4.78 is 55.4. The van der Waals surface area contributed by atoms with Gasteiger partial charge in [-0.15, -0.1) is 0 Å². The summed E-state index contributed by atoms with van der Waals surface area (Å²) in [5.41, 5.74) is 5.98. The van der Waals surface area contributed by atoms with Crippen molar-refractivity contribution >= 4 is 64.4 Å². The second kappa shape index (κ2) is 9.27. The van der Waals surface area contributed by atoms with Crippen molar-refractivity contribution in [2.24, 2.45) is 5.73 Å². The first-order valence-corrected chi connectivity index (χ1v) is 13.1. The van der Waals surface area contributed by atoms with E-state index in [9.17, 15) is 21.6 Å². The Kier molecular flexibility index (Phi) is 7.08. The molecule has 9 nitrogen and oxygen atoms in total. The van der Waals surface area contributed by atoms with Gasteiger partial charge in [-0.2, -0.15) is 0 Å². The van der Waals surface area contributed by atoms with Crippen LogP contribution in [-0.2, 0) is 25.8 Å². The van der Waals surface area contributed by atoms with E-state index in [0.29, 0.717) is 20.6 Å². The molecule has 0 fully saturated rings. The summed E-state index contributed by atoms with van der Waals surface area (Å²) in [5.74, 6) is -1.24. The zero-order valence-corrected chi connectivity index (χ0v) is 19.8. The van der Waals surface area contributed by atoms with Crippen molar-refractivity contribution in [1.29, 1.82) is 0 Å². The minimum atomic E-state index is -4.17. The first-order chi connectivity index (χ1) is 14.5. The van der Waals surface area contributed by atoms with Gasteiger partial charge in [-0.05, 0) is 35.9 Å². The number of aromatic nitrogens is 1. The van der Waals surface area contributed by atoms with E-state index in [1.54, 1.807) is 36.4 Å². The lowest BCUT2D eigenvalue weighted by Crippen LogP contribution is -2.35. The minimum Gasteiger partial charge on any atom is -0.364 e. The Hall–Kier alpha value is -1.96. The molecule has 3 aromatic rings. The number of sulfonamides is 2. The van der Waals surface area contributed by atoms with Crippen LogP contribution in [0, 0.1) is 0 Å². The van der Waals surface area contributed by atoms with Gasteiger partial charge in [-0.1, -0.05) is 39.7 Å². The average molecular weight is 550 g/mol. The van der Waals surface area contributed by atoms with Crippen LogP contribution in [0.1, 0.15) is 16.1 Å². The van der Waals surface area contributed by atoms with Crippen molar-refractivity contribution in [3.63, 3.8) is 0 Å². The summed E-state index contributed by atoms with van der Waals surface area (Å²) in [4.78, 5) is 14.2. The molecule has 1 heterocycles. The lowest BCUT2D eigenvalue weighted by molar-refractivity contribution is 0.0993. The number of halogens is 2. The molecule has 2 aromatic carbocycles. The number of amides is 1. The van der Waals surface area contributed by atoms with Crippen LogP contribution in [0.2, 0.25) is 5.02 Å². The second-order valence-electron chi connectivity index (χ2n) is 6.56. The van der Waals surface area contributed by atoms with E-state index in [0.717, 1.165) is 0 Å². The highest BCUT2D eigenvalue weighted by atomic mass is 79.9. The molecule has 0 atom stereocenters. The number of carbonyl (C=O) groups is 1. The smallest absolute Gasteiger partial charge is 0.266 e. The maximum atomic E-state index is 12.9. The van der Waals surface area contributed by atoms with Crippen molar-refractivity contribution in [2.75, 3.05) is 13.1 Å². The Morgan fingerprint density at radius 2 is 1.77 bits per heavy atom. The Balaban J connectivity index is 1.71. The molecule has 0 saturated heterocycles. The second-order valence-corrected chi connectivity index (χ2v) is 11.4. The van der Waals surface area contributed by atoms with E-state index < -0.39 is 26.0 Å². The largest absolute Gasteiger partial charge is 0.364 e. The number of H-pyrrole nitrogens is 1. The van der Waals surface area contributed by atoms with E-state index in [-0.39, 0.29) is 34.8 Å². The quantitative estimate of drug-likeness (QED) is 0.301. The van der Waals surface area contributed by atoms with Gasteiger partial charge in [-0.25, -0.2) is 26.3 Å². The number of nitrogens with two attached hydrogens (primary N) is 1. The predicted molar refractivity (Wildman–Crippen MR) is 122 cm³/mol. The van der Waals surface area contributed by atoms with Gasteiger partial charge < -0.3 is 10.7 Å². The fourth-order valence-electron chi connectivity index (χ4n) is 2.95. The molecule has 1 amide bonds. The molecule has 0 aliphatic carbocycles. The summed E-state index contributed by atoms with van der Waals surface area (Å²) in [5, 5.41) is 0.688. The van der Waals surface area contributed by atoms with Crippen LogP contribution < -0.4 is 15.2 Å². The highest BCUT2D eigenvalue weighted by Crippen LogP contribution is 2.29. The van der Waals surface area contributed by atoms with Gasteiger partial charge in [0.2, 0.25) is 20.0 Å². The number of hydrogen-bond acceptors (Lipinski definition) is 5. The summed E-state index contributed by atoms with van der Waals surface area (Å²) in [6, 6.07) is 11.2. The zero-order valence-electron chi connectivity index (χ0n) is 15.9. The normalized spacial score (nSPS) is 12.3. The predicted octanol–water partition coefficient (Wildman–Crippen LogP) is 2.08. The van der Waals surface area contributed by atoms with Gasteiger partial charge in [0, 0.05) is 33.5 Å². The summed E-state index contributed by atoms with van der Waals surface area (Å²) >= 11 is 9.12. The summed E-state index contributed by atoms with van der Waals surface area (Å²) in [6.07, 6.45) is 0. The molecule has 1 aromatic heterocycles. The number of aromatic amines is 1. The van der Waals surface area contributed by atoms with E-state index in [1.165, 1.54) is 6.07 Å². The van der Waals surface area contributed by atoms with Gasteiger partial charge >= 0.3 is 0 Å². The summed E-state index contributed by atoms with van der Waals surface area (Å²) in [7, 11) is -7.89. The van der Waals surface area contributed by atoms with Crippen molar-refractivity contribution in [2.45, 2.75) is 10.6 Å². The Morgan fingerprint density at radius 1 is 1.06 bits per heavy atom. The number of fused-ring (bicyclic) bond motifs is 1. The Labute approximate surface area is 192 Å². The molecule has 5 N–H and O–H groups in total. The highest BCUT2D eigenvalue weighted by Gasteiger charge is 2.27. The SMILES string of the molecule is NC(=O)c1[nH]c2ccc(Br)cc2c1S(=O)(=O)NCCNS(=O)(=O)Cc1cccc(Cl)c1. The number of hydrogen-bond donors (Lipinski definition) is 4. The van der Waals surface area contributed by atoms with Crippen molar-refractivity contribution < 1.29 is 21.6 Å². The number of benzene rings is 2. The average Bonchev–Trinajstić information content (AvgIpc) is 3.05. The topological polar surface area (TPSA) is 151 Å². The van der Waals surface area contributed by atoms with Gasteiger partial charge in [0.25, 0.3) is 5.91 Å². The van der Waals surface area contributed by atoms with Crippen molar-refractivity contribution in [1.82, 2.24) is 14.4 Å². The number of nitrogens with one attached hydrogen (secondary N) is 3. The Bertz CT molecular complexity index is 1360. The maximum Gasteiger partial charge on any atom is 0.266 e. The molecule has 0 aliphatic heterocycles. The minimum absolute atomic E-state index is 0.194. The molecule has 0 saturated carbocycles. The third-order valence-corrected chi connectivity index (χ3v) is 7.84. The van der Waals surface area contributed by atoms with Crippen LogP contribution in [0.15, 0.2) is 51.8 Å². The van der Waals surface area contributed by atoms with E-state index >= 15 is 0 Å². The van der Waals surface area contributed by atoms with Crippen LogP contribution in [0.4, 0.5) is 0 Å². The van der Waals surface area contributed by atoms with Gasteiger partial charge in [-0.3, -0.25) is 4.79 Å². The van der Waals surface area contributed by atoms with Crippen LogP contribution in [0.3, 0.4) is 0 Å². The van der Waals surface area contributed by atoms with Crippen LogP contribution in [0.5, 0.6) is 0 Å². The molecule has 0 radical (unpaired) electrons.